The summed E-state index contributed by atoms with van der Waals surface area (Å²) in [6, 6.07) is 11.3. The molecule has 6 nitrogen and oxygen atoms in total. The maximum absolute atomic E-state index is 12.7. The first kappa shape index (κ1) is 19.2. The monoisotopic (exact) mass is 389 g/mol. The second kappa shape index (κ2) is 8.39. The van der Waals surface area contributed by atoms with E-state index < -0.39 is 0 Å². The van der Waals surface area contributed by atoms with E-state index in [1.807, 2.05) is 37.3 Å². The van der Waals surface area contributed by atoms with E-state index in [2.05, 4.69) is 10.2 Å². The number of carbonyl (C=O) groups is 1. The number of hydrogen-bond acceptors (Lipinski definition) is 4. The summed E-state index contributed by atoms with van der Waals surface area (Å²) >= 11 is 6.13. The predicted molar refractivity (Wildman–Crippen MR) is 109 cm³/mol. The number of para-hydroxylation sites is 2. The first-order valence-corrected chi connectivity index (χ1v) is 9.19. The molecule has 1 saturated heterocycles. The smallest absolute Gasteiger partial charge is 0.322 e. The molecule has 0 unspecified atom stereocenters. The Morgan fingerprint density at radius 3 is 2.37 bits per heavy atom. The first-order valence-electron chi connectivity index (χ1n) is 8.81. The number of benzene rings is 2. The van der Waals surface area contributed by atoms with E-state index in [4.69, 9.17) is 21.1 Å². The Kier molecular flexibility index (Phi) is 5.96. The number of ether oxygens (including phenoxy) is 2. The molecule has 2 amide bonds. The van der Waals surface area contributed by atoms with Crippen LogP contribution in [0.3, 0.4) is 0 Å². The fourth-order valence-corrected chi connectivity index (χ4v) is 3.32. The van der Waals surface area contributed by atoms with E-state index in [1.165, 1.54) is 0 Å². The van der Waals surface area contributed by atoms with E-state index in [9.17, 15) is 4.79 Å². The number of aryl methyl sites for hydroxylation is 1. The molecule has 0 bridgehead atoms. The summed E-state index contributed by atoms with van der Waals surface area (Å²) in [6.07, 6.45) is 0. The molecule has 1 aliphatic rings. The van der Waals surface area contributed by atoms with Crippen LogP contribution >= 0.6 is 11.6 Å². The van der Waals surface area contributed by atoms with Gasteiger partial charge in [-0.1, -0.05) is 23.7 Å². The van der Waals surface area contributed by atoms with Gasteiger partial charge in [-0.3, -0.25) is 0 Å². The van der Waals surface area contributed by atoms with E-state index in [-0.39, 0.29) is 6.03 Å². The van der Waals surface area contributed by atoms with Gasteiger partial charge < -0.3 is 24.6 Å². The number of rotatable bonds is 4. The second-order valence-electron chi connectivity index (χ2n) is 6.38. The number of carbonyl (C=O) groups excluding carboxylic acids is 1. The molecule has 3 rings (SSSR count). The zero-order chi connectivity index (χ0) is 19.4. The lowest BCUT2D eigenvalue weighted by Gasteiger charge is -2.36. The molecule has 0 aliphatic carbocycles. The largest absolute Gasteiger partial charge is 0.495 e. The van der Waals surface area contributed by atoms with Gasteiger partial charge >= 0.3 is 6.03 Å². The molecule has 1 aliphatic heterocycles. The quantitative estimate of drug-likeness (QED) is 0.858. The van der Waals surface area contributed by atoms with E-state index in [0.717, 1.165) is 30.1 Å². The highest BCUT2D eigenvalue weighted by atomic mass is 35.5. The van der Waals surface area contributed by atoms with Gasteiger partial charge in [0.15, 0.2) is 0 Å². The van der Waals surface area contributed by atoms with Gasteiger partial charge in [0.1, 0.15) is 11.5 Å². The molecule has 144 valence electrons. The summed E-state index contributed by atoms with van der Waals surface area (Å²) in [5.74, 6) is 1.39. The maximum Gasteiger partial charge on any atom is 0.322 e. The third-order valence-corrected chi connectivity index (χ3v) is 5.12. The van der Waals surface area contributed by atoms with Gasteiger partial charge in [-0.15, -0.1) is 0 Å². The van der Waals surface area contributed by atoms with Gasteiger partial charge in [0.25, 0.3) is 0 Å². The topological polar surface area (TPSA) is 54.0 Å². The summed E-state index contributed by atoms with van der Waals surface area (Å²) in [6.45, 7) is 4.62. The number of amides is 2. The number of methoxy groups -OCH3 is 2. The minimum atomic E-state index is -0.144. The number of nitrogens with one attached hydrogen (secondary N) is 1. The fraction of sp³-hybridized carbons (Fsp3) is 0.350. The number of nitrogens with zero attached hydrogens (tertiary/aromatic N) is 2. The third kappa shape index (κ3) is 4.22. The average molecular weight is 390 g/mol. The van der Waals surface area contributed by atoms with Crippen molar-refractivity contribution in [3.8, 4) is 11.5 Å². The Hall–Kier alpha value is -2.60. The summed E-state index contributed by atoms with van der Waals surface area (Å²) in [4.78, 5) is 16.7. The summed E-state index contributed by atoms with van der Waals surface area (Å²) in [5, 5.41) is 3.54. The Bertz CT molecular complexity index is 820. The van der Waals surface area contributed by atoms with Crippen LogP contribution in [0.5, 0.6) is 11.5 Å². The predicted octanol–water partition coefficient (Wildman–Crippen LogP) is 4.02. The van der Waals surface area contributed by atoms with E-state index in [1.54, 1.807) is 25.2 Å². The standard InChI is InChI=1S/C20H24ClN3O3/c1-14-12-16(19(27-3)13-15(14)21)22-20(25)24-10-8-23(9-11-24)17-6-4-5-7-18(17)26-2/h4-7,12-13H,8-11H2,1-3H3,(H,22,25). The normalized spacial score (nSPS) is 14.1. The van der Waals surface area contributed by atoms with Crippen molar-refractivity contribution < 1.29 is 14.3 Å². The van der Waals surface area contributed by atoms with Crippen LogP contribution in [0.2, 0.25) is 5.02 Å². The van der Waals surface area contributed by atoms with Crippen LogP contribution in [-0.2, 0) is 0 Å². The molecule has 0 aromatic heterocycles. The Labute approximate surface area is 164 Å². The summed E-state index contributed by atoms with van der Waals surface area (Å²) in [7, 11) is 3.23. The van der Waals surface area contributed by atoms with Gasteiger partial charge in [0.05, 0.1) is 25.6 Å². The number of anilines is 2. The molecule has 7 heteroatoms. The molecule has 2 aromatic rings. The molecule has 0 spiro atoms. The number of urea groups is 1. The van der Waals surface area contributed by atoms with Crippen molar-refractivity contribution in [2.24, 2.45) is 0 Å². The van der Waals surface area contributed by atoms with E-state index in [0.29, 0.717) is 29.5 Å². The highest BCUT2D eigenvalue weighted by molar-refractivity contribution is 6.31. The van der Waals surface area contributed by atoms with Crippen molar-refractivity contribution in [1.82, 2.24) is 4.90 Å². The van der Waals surface area contributed by atoms with Crippen molar-refractivity contribution in [1.29, 1.82) is 0 Å². The van der Waals surface area contributed by atoms with Crippen molar-refractivity contribution in [2.45, 2.75) is 6.92 Å². The molecule has 1 heterocycles. The van der Waals surface area contributed by atoms with Crippen LogP contribution in [0.4, 0.5) is 16.2 Å². The van der Waals surface area contributed by atoms with Crippen LogP contribution in [-0.4, -0.2) is 51.3 Å². The number of piperazine rings is 1. The van der Waals surface area contributed by atoms with E-state index >= 15 is 0 Å². The van der Waals surface area contributed by atoms with Crippen LogP contribution in [0.15, 0.2) is 36.4 Å². The zero-order valence-corrected chi connectivity index (χ0v) is 16.5. The summed E-state index contributed by atoms with van der Waals surface area (Å²) in [5.41, 5.74) is 2.56. The van der Waals surface area contributed by atoms with Gasteiger partial charge in [0, 0.05) is 37.3 Å². The zero-order valence-electron chi connectivity index (χ0n) is 15.8. The van der Waals surface area contributed by atoms with Crippen molar-refractivity contribution >= 4 is 29.0 Å². The van der Waals surface area contributed by atoms with Gasteiger partial charge in [-0.05, 0) is 30.7 Å². The maximum atomic E-state index is 12.7. The molecule has 0 radical (unpaired) electrons. The SMILES string of the molecule is COc1cc(Cl)c(C)cc1NC(=O)N1CCN(c2ccccc2OC)CC1. The number of halogens is 1. The van der Waals surface area contributed by atoms with Crippen molar-refractivity contribution in [3.63, 3.8) is 0 Å². The molecule has 1 fully saturated rings. The molecule has 0 atom stereocenters. The number of hydrogen-bond donors (Lipinski definition) is 1. The van der Waals surface area contributed by atoms with Crippen molar-refractivity contribution in [3.05, 3.63) is 47.0 Å². The van der Waals surface area contributed by atoms with Gasteiger partial charge in [-0.2, -0.15) is 0 Å². The summed E-state index contributed by atoms with van der Waals surface area (Å²) < 4.78 is 10.8. The minimum absolute atomic E-state index is 0.144. The molecule has 1 N–H and O–H groups in total. The fourth-order valence-electron chi connectivity index (χ4n) is 3.17. The highest BCUT2D eigenvalue weighted by Crippen LogP contribution is 2.32. The minimum Gasteiger partial charge on any atom is -0.495 e. The van der Waals surface area contributed by atoms with Crippen LogP contribution in [0, 0.1) is 6.92 Å². The van der Waals surface area contributed by atoms with Crippen molar-refractivity contribution in [2.75, 3.05) is 50.6 Å². The van der Waals surface area contributed by atoms with Crippen LogP contribution in [0.25, 0.3) is 0 Å². The molecule has 0 saturated carbocycles. The van der Waals surface area contributed by atoms with Crippen LogP contribution in [0.1, 0.15) is 5.56 Å². The molecular formula is C20H24ClN3O3. The molecule has 2 aromatic carbocycles. The lowest BCUT2D eigenvalue weighted by molar-refractivity contribution is 0.208. The second-order valence-corrected chi connectivity index (χ2v) is 6.78. The van der Waals surface area contributed by atoms with Gasteiger partial charge in [-0.25, -0.2) is 4.79 Å². The molecule has 27 heavy (non-hydrogen) atoms. The average Bonchev–Trinajstić information content (AvgIpc) is 2.70. The Morgan fingerprint density at radius 2 is 1.70 bits per heavy atom. The van der Waals surface area contributed by atoms with Crippen LogP contribution < -0.4 is 19.7 Å². The molecular weight excluding hydrogens is 366 g/mol. The Balaban J connectivity index is 1.65. The highest BCUT2D eigenvalue weighted by Gasteiger charge is 2.23. The lowest BCUT2D eigenvalue weighted by Crippen LogP contribution is -2.50. The Morgan fingerprint density at radius 1 is 1.04 bits per heavy atom. The first-order chi connectivity index (χ1) is 13.0. The third-order valence-electron chi connectivity index (χ3n) is 4.72. The van der Waals surface area contributed by atoms with Gasteiger partial charge in [0.2, 0.25) is 0 Å². The lowest BCUT2D eigenvalue weighted by atomic mass is 10.2.